The Hall–Kier alpha value is -0.710. The third kappa shape index (κ3) is 18.4. The van der Waals surface area contributed by atoms with E-state index in [4.69, 9.17) is 8.37 Å². The van der Waals surface area contributed by atoms with Crippen LogP contribution in [0.15, 0.2) is 0 Å². The normalized spacial score (nSPS) is 11.3. The van der Waals surface area contributed by atoms with Gasteiger partial charge in [0.1, 0.15) is 0 Å². The molecule has 0 amide bonds. The molecule has 0 heterocycles. The van der Waals surface area contributed by atoms with Crippen LogP contribution in [0.5, 0.6) is 0 Å². The topological polar surface area (TPSA) is 52.6 Å². The molecule has 0 atom stereocenters. The molecule has 0 aromatic heterocycles. The second-order valence-corrected chi connectivity index (χ2v) is 8.76. The first-order valence-corrected chi connectivity index (χ1v) is 12.7. The lowest BCUT2D eigenvalue weighted by Gasteiger charge is -2.24. The smallest absolute Gasteiger partial charge is 0.328 e. The summed E-state index contributed by atoms with van der Waals surface area (Å²) in [5.41, 5.74) is 0. The second-order valence-electron chi connectivity index (χ2n) is 7.29. The van der Waals surface area contributed by atoms with Gasteiger partial charge in [-0.15, -0.1) is 11.5 Å². The van der Waals surface area contributed by atoms with Gasteiger partial charge in [-0.05, 0) is 6.42 Å². The maximum absolute atomic E-state index is 11.4. The van der Waals surface area contributed by atoms with Gasteiger partial charge >= 0.3 is 11.9 Å². The molecule has 0 aliphatic rings. The predicted octanol–water partition coefficient (Wildman–Crippen LogP) is 7.21. The zero-order valence-electron chi connectivity index (χ0n) is 18.1. The Morgan fingerprint density at radius 3 is 1.22 bits per heavy atom. The maximum atomic E-state index is 11.4. The highest BCUT2D eigenvalue weighted by atomic mass is 32.2. The first kappa shape index (κ1) is 26.3. The molecule has 0 fully saturated rings. The molecule has 0 unspecified atom stereocenters. The maximum Gasteiger partial charge on any atom is 0.328 e. The lowest BCUT2D eigenvalue weighted by Crippen LogP contribution is -2.09. The minimum atomic E-state index is -1.39. The molecule has 0 spiro atoms. The summed E-state index contributed by atoms with van der Waals surface area (Å²) in [6, 6.07) is 0. The monoisotopic (exact) mass is 404 g/mol. The van der Waals surface area contributed by atoms with E-state index in [1.54, 1.807) is 13.8 Å². The summed E-state index contributed by atoms with van der Waals surface area (Å²) in [7, 11) is 0. The van der Waals surface area contributed by atoms with Crippen molar-refractivity contribution in [1.29, 1.82) is 0 Å². The molecule has 4 nitrogen and oxygen atoms in total. The van der Waals surface area contributed by atoms with Gasteiger partial charge < -0.3 is 8.37 Å². The molecule has 27 heavy (non-hydrogen) atoms. The predicted molar refractivity (Wildman–Crippen MR) is 117 cm³/mol. The summed E-state index contributed by atoms with van der Waals surface area (Å²) < 4.78 is 10.5. The lowest BCUT2D eigenvalue weighted by molar-refractivity contribution is -0.136. The quantitative estimate of drug-likeness (QED) is 0.183. The molecule has 0 saturated heterocycles. The summed E-state index contributed by atoms with van der Waals surface area (Å²) >= 11 is -1.39. The van der Waals surface area contributed by atoms with Crippen LogP contribution in [0.2, 0.25) is 0 Å². The van der Waals surface area contributed by atoms with Crippen LogP contribution >= 0.6 is 11.5 Å². The fraction of sp³-hybridized carbons (Fsp3) is 0.909. The molecule has 162 valence electrons. The van der Waals surface area contributed by atoms with E-state index in [-0.39, 0.29) is 11.9 Å². The van der Waals surface area contributed by atoms with Crippen molar-refractivity contribution < 1.29 is 18.0 Å². The Bertz CT molecular complexity index is 342. The average molecular weight is 405 g/mol. The van der Waals surface area contributed by atoms with Crippen molar-refractivity contribution >= 4 is 23.4 Å². The first-order valence-electron chi connectivity index (χ1n) is 11.3. The molecule has 0 saturated carbocycles. The SMILES string of the molecule is CCCCCCCCCCCCCCCC[SH](OC(=O)CC)OC(=O)CC. The van der Waals surface area contributed by atoms with Crippen LogP contribution in [0.1, 0.15) is 124 Å². The van der Waals surface area contributed by atoms with Crippen LogP contribution in [0.3, 0.4) is 0 Å². The number of thiol groups is 1. The van der Waals surface area contributed by atoms with Gasteiger partial charge in [0.25, 0.3) is 0 Å². The van der Waals surface area contributed by atoms with Gasteiger partial charge in [-0.1, -0.05) is 104 Å². The van der Waals surface area contributed by atoms with Crippen molar-refractivity contribution in [3.63, 3.8) is 0 Å². The van der Waals surface area contributed by atoms with Crippen LogP contribution in [0.25, 0.3) is 0 Å². The zero-order valence-corrected chi connectivity index (χ0v) is 19.0. The molecular formula is C22H44O4S. The van der Waals surface area contributed by atoms with Crippen molar-refractivity contribution in [2.75, 3.05) is 5.75 Å². The molecule has 0 bridgehead atoms. The fourth-order valence-electron chi connectivity index (χ4n) is 2.90. The van der Waals surface area contributed by atoms with E-state index in [0.717, 1.165) is 12.8 Å². The highest BCUT2D eigenvalue weighted by Gasteiger charge is 2.11. The molecule has 0 N–H and O–H groups in total. The third-order valence-corrected chi connectivity index (χ3v) is 6.17. The van der Waals surface area contributed by atoms with Gasteiger partial charge in [-0.25, -0.2) is 0 Å². The van der Waals surface area contributed by atoms with Crippen molar-refractivity contribution in [3.05, 3.63) is 0 Å². The fourth-order valence-corrected chi connectivity index (χ4v) is 4.32. The molecule has 0 radical (unpaired) electrons. The van der Waals surface area contributed by atoms with E-state index in [1.807, 2.05) is 0 Å². The van der Waals surface area contributed by atoms with E-state index in [2.05, 4.69) is 6.92 Å². The Labute approximate surface area is 170 Å². The van der Waals surface area contributed by atoms with Crippen LogP contribution in [-0.4, -0.2) is 17.7 Å². The third-order valence-electron chi connectivity index (χ3n) is 4.68. The average Bonchev–Trinajstić information content (AvgIpc) is 2.67. The van der Waals surface area contributed by atoms with E-state index in [0.29, 0.717) is 18.6 Å². The summed E-state index contributed by atoms with van der Waals surface area (Å²) in [4.78, 5) is 22.9. The number of hydrogen-bond donors (Lipinski definition) is 1. The molecule has 0 aromatic carbocycles. The molecule has 5 heteroatoms. The minimum absolute atomic E-state index is 0.282. The van der Waals surface area contributed by atoms with E-state index >= 15 is 0 Å². The van der Waals surface area contributed by atoms with Crippen molar-refractivity contribution in [1.82, 2.24) is 0 Å². The van der Waals surface area contributed by atoms with Gasteiger partial charge in [0.15, 0.2) is 0 Å². The van der Waals surface area contributed by atoms with Crippen LogP contribution < -0.4 is 0 Å². The minimum Gasteiger partial charge on any atom is -0.347 e. The number of carbonyl (C=O) groups excluding carboxylic acids is 2. The highest BCUT2D eigenvalue weighted by Crippen LogP contribution is 2.31. The number of unbranched alkanes of at least 4 members (excludes halogenated alkanes) is 13. The summed E-state index contributed by atoms with van der Waals surface area (Å²) in [5, 5.41) is 0. The molecule has 0 aliphatic heterocycles. The number of rotatable bonds is 19. The van der Waals surface area contributed by atoms with Crippen LogP contribution in [-0.2, 0) is 18.0 Å². The van der Waals surface area contributed by atoms with E-state index in [9.17, 15) is 9.59 Å². The Morgan fingerprint density at radius 2 is 0.889 bits per heavy atom. The molecule has 0 aliphatic carbocycles. The summed E-state index contributed by atoms with van der Waals surface area (Å²) in [5.74, 6) is 0.107. The Morgan fingerprint density at radius 1 is 0.556 bits per heavy atom. The number of carbonyl (C=O) groups is 2. The summed E-state index contributed by atoms with van der Waals surface area (Å²) in [6.45, 7) is 5.77. The number of hydrogen-bond acceptors (Lipinski definition) is 4. The Balaban J connectivity index is 3.53. The first-order chi connectivity index (χ1) is 13.1. The second kappa shape index (κ2) is 20.0. The van der Waals surface area contributed by atoms with Crippen molar-refractivity contribution in [2.45, 2.75) is 124 Å². The summed E-state index contributed by atoms with van der Waals surface area (Å²) in [6.07, 6.45) is 19.0. The van der Waals surface area contributed by atoms with Crippen molar-refractivity contribution in [3.8, 4) is 0 Å². The van der Waals surface area contributed by atoms with Gasteiger partial charge in [0, 0.05) is 12.8 Å². The van der Waals surface area contributed by atoms with Gasteiger partial charge in [0.2, 0.25) is 0 Å². The van der Waals surface area contributed by atoms with Crippen LogP contribution in [0, 0.1) is 0 Å². The lowest BCUT2D eigenvalue weighted by atomic mass is 10.0. The highest BCUT2D eigenvalue weighted by molar-refractivity contribution is 8.09. The standard InChI is InChI=1S/C22H44O4S/c1-4-7-8-9-10-11-12-13-14-15-16-17-18-19-20-27(25-21(23)5-2)26-22(24)6-3/h27H,4-20H2,1-3H3. The van der Waals surface area contributed by atoms with Crippen LogP contribution in [0.4, 0.5) is 0 Å². The van der Waals surface area contributed by atoms with Gasteiger partial charge in [-0.3, -0.25) is 9.59 Å². The van der Waals surface area contributed by atoms with Gasteiger partial charge in [0.05, 0.1) is 5.75 Å². The zero-order chi connectivity index (χ0) is 20.2. The Kier molecular flexibility index (Phi) is 19.5. The van der Waals surface area contributed by atoms with E-state index < -0.39 is 11.5 Å². The van der Waals surface area contributed by atoms with Gasteiger partial charge in [-0.2, -0.15) is 0 Å². The molecular weight excluding hydrogens is 360 g/mol. The molecule has 0 rings (SSSR count). The van der Waals surface area contributed by atoms with Crippen molar-refractivity contribution in [2.24, 2.45) is 0 Å². The molecule has 0 aromatic rings. The van der Waals surface area contributed by atoms with E-state index in [1.165, 1.54) is 77.0 Å². The largest absolute Gasteiger partial charge is 0.347 e.